The van der Waals surface area contributed by atoms with Crippen molar-refractivity contribution in [3.05, 3.63) is 20.8 Å². The fourth-order valence-corrected chi connectivity index (χ4v) is 3.74. The van der Waals surface area contributed by atoms with Crippen LogP contribution in [0.4, 0.5) is 0 Å². The minimum absolute atomic E-state index is 0.241. The normalized spacial score (nSPS) is 12.7. The first-order valence-electron chi connectivity index (χ1n) is 4.99. The second kappa shape index (κ2) is 6.71. The van der Waals surface area contributed by atoms with E-state index >= 15 is 0 Å². The molecule has 1 nitrogen and oxygen atoms in total. The van der Waals surface area contributed by atoms with Gasteiger partial charge in [-0.05, 0) is 39.0 Å². The van der Waals surface area contributed by atoms with Crippen LogP contribution >= 0.6 is 39.0 Å². The summed E-state index contributed by atoms with van der Waals surface area (Å²) in [5.41, 5.74) is 0. The summed E-state index contributed by atoms with van der Waals surface area (Å²) in [7, 11) is 0. The molecule has 0 aliphatic carbocycles. The smallest absolute Gasteiger partial charge is 0.183 e. The van der Waals surface area contributed by atoms with Gasteiger partial charge in [0.2, 0.25) is 0 Å². The lowest BCUT2D eigenvalue weighted by Gasteiger charge is -2.06. The largest absolute Gasteiger partial charge is 0.292 e. The number of carbonyl (C=O) groups is 1. The van der Waals surface area contributed by atoms with Crippen molar-refractivity contribution in [2.75, 3.05) is 11.5 Å². The Morgan fingerprint density at radius 1 is 1.67 bits per heavy atom. The third-order valence-electron chi connectivity index (χ3n) is 2.20. The molecule has 1 aromatic rings. The lowest BCUT2D eigenvalue weighted by molar-refractivity contribution is 0.102. The van der Waals surface area contributed by atoms with Crippen molar-refractivity contribution in [1.29, 1.82) is 0 Å². The molecule has 0 amide bonds. The van der Waals surface area contributed by atoms with Crippen LogP contribution in [0.25, 0.3) is 0 Å². The maximum Gasteiger partial charge on any atom is 0.183 e. The van der Waals surface area contributed by atoms with E-state index in [0.717, 1.165) is 15.1 Å². The van der Waals surface area contributed by atoms with Crippen LogP contribution in [-0.4, -0.2) is 17.3 Å². The van der Waals surface area contributed by atoms with Crippen molar-refractivity contribution in [2.45, 2.75) is 20.3 Å². The van der Waals surface area contributed by atoms with Gasteiger partial charge in [-0.25, -0.2) is 0 Å². The molecule has 0 saturated carbocycles. The van der Waals surface area contributed by atoms with E-state index in [-0.39, 0.29) is 5.78 Å². The van der Waals surface area contributed by atoms with Gasteiger partial charge >= 0.3 is 0 Å². The number of hydrogen-bond donors (Lipinski definition) is 0. The Labute approximate surface area is 108 Å². The van der Waals surface area contributed by atoms with Gasteiger partial charge in [0.25, 0.3) is 0 Å². The van der Waals surface area contributed by atoms with Crippen molar-refractivity contribution in [1.82, 2.24) is 0 Å². The molecule has 1 unspecified atom stereocenters. The summed E-state index contributed by atoms with van der Waals surface area (Å²) in [5.74, 6) is 2.62. The van der Waals surface area contributed by atoms with Crippen LogP contribution in [0.1, 0.15) is 29.9 Å². The Hall–Kier alpha value is 0.200. The Morgan fingerprint density at radius 3 is 2.93 bits per heavy atom. The molecule has 1 aromatic heterocycles. The standard InChI is InChI=1S/C11H15BrOS2/c1-3-8(2)6-14-7-10(13)11-9(12)4-5-15-11/h4-5,8H,3,6-7H2,1-2H3. The Kier molecular flexibility index (Phi) is 5.94. The van der Waals surface area contributed by atoms with Gasteiger partial charge in [-0.3, -0.25) is 4.79 Å². The Bertz CT molecular complexity index is 322. The molecular formula is C11H15BrOS2. The van der Waals surface area contributed by atoms with Crippen molar-refractivity contribution in [3.63, 3.8) is 0 Å². The first-order chi connectivity index (χ1) is 7.15. The number of rotatable bonds is 6. The summed E-state index contributed by atoms with van der Waals surface area (Å²) in [6, 6.07) is 1.93. The minimum atomic E-state index is 0.241. The van der Waals surface area contributed by atoms with Crippen LogP contribution in [0.2, 0.25) is 0 Å². The van der Waals surface area contributed by atoms with Crippen LogP contribution in [0.15, 0.2) is 15.9 Å². The molecule has 0 N–H and O–H groups in total. The topological polar surface area (TPSA) is 17.1 Å². The lowest BCUT2D eigenvalue weighted by Crippen LogP contribution is -2.04. The molecule has 0 saturated heterocycles. The molecular weight excluding hydrogens is 292 g/mol. The van der Waals surface area contributed by atoms with Crippen molar-refractivity contribution in [3.8, 4) is 0 Å². The molecule has 15 heavy (non-hydrogen) atoms. The van der Waals surface area contributed by atoms with E-state index < -0.39 is 0 Å². The highest BCUT2D eigenvalue weighted by atomic mass is 79.9. The SMILES string of the molecule is CCC(C)CSCC(=O)c1sccc1Br. The molecule has 1 heterocycles. The zero-order valence-electron chi connectivity index (χ0n) is 8.96. The minimum Gasteiger partial charge on any atom is -0.292 e. The summed E-state index contributed by atoms with van der Waals surface area (Å²) in [4.78, 5) is 12.6. The van der Waals surface area contributed by atoms with Gasteiger partial charge < -0.3 is 0 Å². The summed E-state index contributed by atoms with van der Waals surface area (Å²) in [5, 5.41) is 1.94. The van der Waals surface area contributed by atoms with E-state index in [2.05, 4.69) is 29.8 Å². The predicted octanol–water partition coefficient (Wildman–Crippen LogP) is 4.47. The molecule has 0 aliphatic heterocycles. The second-order valence-electron chi connectivity index (χ2n) is 3.55. The molecule has 4 heteroatoms. The van der Waals surface area contributed by atoms with Crippen LogP contribution in [0, 0.1) is 5.92 Å². The average molecular weight is 307 g/mol. The van der Waals surface area contributed by atoms with Gasteiger partial charge in [-0.1, -0.05) is 20.3 Å². The van der Waals surface area contributed by atoms with E-state index in [1.807, 2.05) is 11.4 Å². The molecule has 1 atom stereocenters. The van der Waals surface area contributed by atoms with Crippen LogP contribution in [0.3, 0.4) is 0 Å². The number of thiophene rings is 1. The van der Waals surface area contributed by atoms with Gasteiger partial charge in [-0.2, -0.15) is 11.8 Å². The van der Waals surface area contributed by atoms with Gasteiger partial charge in [0, 0.05) is 4.47 Å². The Morgan fingerprint density at radius 2 is 2.40 bits per heavy atom. The number of Topliss-reactive ketones (excluding diaryl/α,β-unsaturated/α-hetero) is 1. The highest BCUT2D eigenvalue weighted by Crippen LogP contribution is 2.24. The van der Waals surface area contributed by atoms with Crippen molar-refractivity contribution < 1.29 is 4.79 Å². The number of carbonyl (C=O) groups excluding carboxylic acids is 1. The fraction of sp³-hybridized carbons (Fsp3) is 0.545. The predicted molar refractivity (Wildman–Crippen MR) is 73.1 cm³/mol. The van der Waals surface area contributed by atoms with E-state index in [4.69, 9.17) is 0 Å². The first-order valence-corrected chi connectivity index (χ1v) is 7.81. The van der Waals surface area contributed by atoms with Gasteiger partial charge in [0.15, 0.2) is 5.78 Å². The lowest BCUT2D eigenvalue weighted by atomic mass is 10.2. The van der Waals surface area contributed by atoms with Crippen LogP contribution in [-0.2, 0) is 0 Å². The van der Waals surface area contributed by atoms with E-state index in [9.17, 15) is 4.79 Å². The van der Waals surface area contributed by atoms with Gasteiger partial charge in [0.1, 0.15) is 0 Å². The number of ketones is 1. The Balaban J connectivity index is 2.34. The maximum atomic E-state index is 11.8. The van der Waals surface area contributed by atoms with Gasteiger partial charge in [-0.15, -0.1) is 11.3 Å². The molecule has 0 bridgehead atoms. The van der Waals surface area contributed by atoms with Crippen molar-refractivity contribution in [2.24, 2.45) is 5.92 Å². The third kappa shape index (κ3) is 4.29. The highest BCUT2D eigenvalue weighted by molar-refractivity contribution is 9.10. The van der Waals surface area contributed by atoms with Gasteiger partial charge in [0.05, 0.1) is 10.6 Å². The van der Waals surface area contributed by atoms with Crippen LogP contribution < -0.4 is 0 Å². The highest BCUT2D eigenvalue weighted by Gasteiger charge is 2.11. The fourth-order valence-electron chi connectivity index (χ4n) is 1.03. The number of hydrogen-bond acceptors (Lipinski definition) is 3. The second-order valence-corrected chi connectivity index (χ2v) is 6.35. The summed E-state index contributed by atoms with van der Waals surface area (Å²) >= 11 is 6.63. The quantitative estimate of drug-likeness (QED) is 0.721. The maximum absolute atomic E-state index is 11.8. The van der Waals surface area contributed by atoms with Crippen molar-refractivity contribution >= 4 is 44.8 Å². The number of halogens is 1. The van der Waals surface area contributed by atoms with E-state index in [0.29, 0.717) is 11.7 Å². The zero-order chi connectivity index (χ0) is 11.3. The summed E-state index contributed by atoms with van der Waals surface area (Å²) in [6.07, 6.45) is 1.18. The third-order valence-corrected chi connectivity index (χ3v) is 5.35. The molecule has 0 fully saturated rings. The molecule has 0 aliphatic rings. The van der Waals surface area contributed by atoms with E-state index in [1.54, 1.807) is 11.8 Å². The summed E-state index contributed by atoms with van der Waals surface area (Å²) in [6.45, 7) is 4.40. The molecule has 1 rings (SSSR count). The average Bonchev–Trinajstić information content (AvgIpc) is 2.64. The molecule has 0 spiro atoms. The molecule has 0 aromatic carbocycles. The monoisotopic (exact) mass is 306 g/mol. The summed E-state index contributed by atoms with van der Waals surface area (Å²) < 4.78 is 0.932. The number of thioether (sulfide) groups is 1. The molecule has 84 valence electrons. The molecule has 0 radical (unpaired) electrons. The van der Waals surface area contributed by atoms with E-state index in [1.165, 1.54) is 17.8 Å². The first kappa shape index (κ1) is 13.3. The van der Waals surface area contributed by atoms with Crippen LogP contribution in [0.5, 0.6) is 0 Å². The zero-order valence-corrected chi connectivity index (χ0v) is 12.2.